The first-order valence-corrected chi connectivity index (χ1v) is 6.26. The minimum absolute atomic E-state index is 0.144. The predicted octanol–water partition coefficient (Wildman–Crippen LogP) is 3.72. The Morgan fingerprint density at radius 3 is 2.05 bits per heavy atom. The Morgan fingerprint density at radius 1 is 1.15 bits per heavy atom. The molecule has 1 aromatic heterocycles. The van der Waals surface area contributed by atoms with Gasteiger partial charge < -0.3 is 5.32 Å². The first-order chi connectivity index (χ1) is 9.05. The number of rotatable bonds is 4. The van der Waals surface area contributed by atoms with Crippen molar-refractivity contribution in [2.75, 3.05) is 7.05 Å². The largest absolute Gasteiger partial charge is 0.402 e. The van der Waals surface area contributed by atoms with Crippen LogP contribution in [0.3, 0.4) is 0 Å². The van der Waals surface area contributed by atoms with E-state index in [4.69, 9.17) is 0 Å². The van der Waals surface area contributed by atoms with Crippen molar-refractivity contribution in [1.82, 2.24) is 10.3 Å². The van der Waals surface area contributed by atoms with E-state index in [0.29, 0.717) is 4.47 Å². The Balaban J connectivity index is 3.00. The fourth-order valence-corrected chi connectivity index (χ4v) is 2.02. The molecule has 0 aliphatic rings. The average Bonchev–Trinajstić information content (AvgIpc) is 2.27. The molecule has 0 radical (unpaired) electrons. The van der Waals surface area contributed by atoms with E-state index in [-0.39, 0.29) is 5.69 Å². The zero-order valence-corrected chi connectivity index (χ0v) is 11.8. The minimum Gasteiger partial charge on any atom is -0.316 e. The normalized spacial score (nSPS) is 14.7. The highest BCUT2D eigenvalue weighted by Gasteiger charge is 2.59. The predicted molar refractivity (Wildman–Crippen MR) is 64.1 cm³/mol. The Labute approximate surface area is 119 Å². The van der Waals surface area contributed by atoms with Gasteiger partial charge in [-0.2, -0.15) is 26.3 Å². The lowest BCUT2D eigenvalue weighted by Crippen LogP contribution is -2.51. The maximum Gasteiger partial charge on any atom is 0.402 e. The summed E-state index contributed by atoms with van der Waals surface area (Å²) in [5.74, 6) is -3.44. The molecule has 0 fully saturated rings. The number of halogens is 7. The molecule has 1 atom stereocenters. The van der Waals surface area contributed by atoms with Crippen LogP contribution in [0.15, 0.2) is 22.8 Å². The fourth-order valence-electron chi connectivity index (χ4n) is 1.78. The van der Waals surface area contributed by atoms with Gasteiger partial charge in [0.25, 0.3) is 0 Å². The van der Waals surface area contributed by atoms with E-state index < -0.39 is 30.7 Å². The zero-order valence-electron chi connectivity index (χ0n) is 10.2. The lowest BCUT2D eigenvalue weighted by atomic mass is 9.94. The molecular formula is C11H11BrF6N2. The SMILES string of the molecule is CNC(Cc1ccc(Br)cn1)C(C(F)(F)F)C(F)(F)F. The molecule has 0 saturated heterocycles. The van der Waals surface area contributed by atoms with E-state index >= 15 is 0 Å². The first-order valence-electron chi connectivity index (χ1n) is 5.47. The smallest absolute Gasteiger partial charge is 0.316 e. The van der Waals surface area contributed by atoms with Gasteiger partial charge in [-0.15, -0.1) is 0 Å². The molecule has 1 heterocycles. The van der Waals surface area contributed by atoms with Crippen molar-refractivity contribution < 1.29 is 26.3 Å². The summed E-state index contributed by atoms with van der Waals surface area (Å²) in [6.07, 6.45) is -9.91. The van der Waals surface area contributed by atoms with Gasteiger partial charge in [-0.3, -0.25) is 4.98 Å². The summed E-state index contributed by atoms with van der Waals surface area (Å²) in [5.41, 5.74) is 0.144. The molecule has 1 rings (SSSR count). The number of nitrogens with one attached hydrogen (secondary N) is 1. The monoisotopic (exact) mass is 364 g/mol. The third-order valence-electron chi connectivity index (χ3n) is 2.70. The highest BCUT2D eigenvalue weighted by molar-refractivity contribution is 9.10. The molecule has 9 heteroatoms. The number of aromatic nitrogens is 1. The summed E-state index contributed by atoms with van der Waals surface area (Å²) >= 11 is 3.08. The molecular weight excluding hydrogens is 354 g/mol. The van der Waals surface area contributed by atoms with E-state index in [1.165, 1.54) is 18.3 Å². The summed E-state index contributed by atoms with van der Waals surface area (Å²) < 4.78 is 76.4. The van der Waals surface area contributed by atoms with Crippen molar-refractivity contribution in [3.8, 4) is 0 Å². The molecule has 1 aromatic rings. The zero-order chi connectivity index (χ0) is 15.6. The fraction of sp³-hybridized carbons (Fsp3) is 0.545. The maximum atomic E-state index is 12.6. The van der Waals surface area contributed by atoms with E-state index in [2.05, 4.69) is 26.2 Å². The van der Waals surface area contributed by atoms with E-state index in [9.17, 15) is 26.3 Å². The number of hydrogen-bond acceptors (Lipinski definition) is 2. The number of alkyl halides is 6. The van der Waals surface area contributed by atoms with E-state index in [1.54, 1.807) is 0 Å². The molecule has 0 amide bonds. The molecule has 0 aliphatic carbocycles. The van der Waals surface area contributed by atoms with Gasteiger partial charge in [0, 0.05) is 28.8 Å². The summed E-state index contributed by atoms with van der Waals surface area (Å²) in [7, 11) is 1.06. The molecule has 0 aliphatic heterocycles. The van der Waals surface area contributed by atoms with Gasteiger partial charge in [-0.1, -0.05) is 0 Å². The van der Waals surface area contributed by atoms with Crippen LogP contribution in [0.5, 0.6) is 0 Å². The molecule has 0 spiro atoms. The molecule has 20 heavy (non-hydrogen) atoms. The molecule has 2 nitrogen and oxygen atoms in total. The van der Waals surface area contributed by atoms with Crippen molar-refractivity contribution in [3.05, 3.63) is 28.5 Å². The van der Waals surface area contributed by atoms with Crippen LogP contribution in [0.1, 0.15) is 5.69 Å². The number of pyridine rings is 1. The van der Waals surface area contributed by atoms with Gasteiger partial charge in [-0.25, -0.2) is 0 Å². The van der Waals surface area contributed by atoms with Crippen LogP contribution >= 0.6 is 15.9 Å². The lowest BCUT2D eigenvalue weighted by molar-refractivity contribution is -0.291. The van der Waals surface area contributed by atoms with Gasteiger partial charge in [0.1, 0.15) is 0 Å². The highest BCUT2D eigenvalue weighted by Crippen LogP contribution is 2.41. The molecule has 0 aromatic carbocycles. The Hall–Kier alpha value is -0.830. The summed E-state index contributed by atoms with van der Waals surface area (Å²) in [4.78, 5) is 3.79. The molecule has 0 saturated carbocycles. The average molecular weight is 365 g/mol. The van der Waals surface area contributed by atoms with Crippen molar-refractivity contribution in [3.63, 3.8) is 0 Å². The lowest BCUT2D eigenvalue weighted by Gasteiger charge is -2.30. The standard InChI is InChI=1S/C11H11BrF6N2/c1-19-8(4-7-3-2-6(12)5-20-7)9(10(13,14)15)11(16,17)18/h2-3,5,8-9,19H,4H2,1H3. The summed E-state index contributed by atoms with van der Waals surface area (Å²) in [5, 5.41) is 2.09. The second-order valence-electron chi connectivity index (χ2n) is 4.13. The quantitative estimate of drug-likeness (QED) is 0.823. The van der Waals surface area contributed by atoms with Gasteiger partial charge in [-0.05, 0) is 35.1 Å². The Morgan fingerprint density at radius 2 is 1.70 bits per heavy atom. The van der Waals surface area contributed by atoms with Crippen LogP contribution in [-0.4, -0.2) is 30.4 Å². The van der Waals surface area contributed by atoms with Crippen LogP contribution in [0.2, 0.25) is 0 Å². The Kier molecular flexibility index (Phi) is 5.42. The van der Waals surface area contributed by atoms with Crippen molar-refractivity contribution in [2.45, 2.75) is 24.8 Å². The number of nitrogens with zero attached hydrogens (tertiary/aromatic N) is 1. The third-order valence-corrected chi connectivity index (χ3v) is 3.17. The first kappa shape index (κ1) is 17.2. The van der Waals surface area contributed by atoms with Gasteiger partial charge in [0.05, 0.1) is 0 Å². The topological polar surface area (TPSA) is 24.9 Å². The minimum atomic E-state index is -5.37. The van der Waals surface area contributed by atoms with Crippen LogP contribution in [0.4, 0.5) is 26.3 Å². The van der Waals surface area contributed by atoms with Crippen molar-refractivity contribution in [2.24, 2.45) is 5.92 Å². The van der Waals surface area contributed by atoms with E-state index in [0.717, 1.165) is 7.05 Å². The molecule has 114 valence electrons. The van der Waals surface area contributed by atoms with Crippen molar-refractivity contribution in [1.29, 1.82) is 0 Å². The van der Waals surface area contributed by atoms with Gasteiger partial charge >= 0.3 is 12.4 Å². The van der Waals surface area contributed by atoms with Crippen LogP contribution in [-0.2, 0) is 6.42 Å². The van der Waals surface area contributed by atoms with Crippen LogP contribution < -0.4 is 5.32 Å². The van der Waals surface area contributed by atoms with Crippen LogP contribution in [0, 0.1) is 5.92 Å². The highest BCUT2D eigenvalue weighted by atomic mass is 79.9. The van der Waals surface area contributed by atoms with Crippen LogP contribution in [0.25, 0.3) is 0 Å². The van der Waals surface area contributed by atoms with E-state index in [1.807, 2.05) is 0 Å². The van der Waals surface area contributed by atoms with Gasteiger partial charge in [0.15, 0.2) is 5.92 Å². The summed E-state index contributed by atoms with van der Waals surface area (Å²) in [6.45, 7) is 0. The van der Waals surface area contributed by atoms with Crippen molar-refractivity contribution >= 4 is 15.9 Å². The second-order valence-corrected chi connectivity index (χ2v) is 5.04. The molecule has 1 unspecified atom stereocenters. The van der Waals surface area contributed by atoms with Gasteiger partial charge in [0.2, 0.25) is 0 Å². The third kappa shape index (κ3) is 4.62. The maximum absolute atomic E-state index is 12.6. The molecule has 0 bridgehead atoms. The number of likely N-dealkylation sites (N-methyl/N-ethyl adjacent to an activating group) is 1. The molecule has 1 N–H and O–H groups in total. The second kappa shape index (κ2) is 6.30. The Bertz CT molecular complexity index is 414. The summed E-state index contributed by atoms with van der Waals surface area (Å²) in [6, 6.07) is 1.05. The number of hydrogen-bond donors (Lipinski definition) is 1.